The van der Waals surface area contributed by atoms with Crippen molar-refractivity contribution in [3.8, 4) is 0 Å². The van der Waals surface area contributed by atoms with E-state index in [-0.39, 0.29) is 17.5 Å². The monoisotopic (exact) mass is 344 g/mol. The fourth-order valence-corrected chi connectivity index (χ4v) is 4.09. The summed E-state index contributed by atoms with van der Waals surface area (Å²) in [5.74, 6) is 0.913. The number of aromatic nitrogens is 2. The SMILES string of the molecule is Cn1ncc(CNC2CCS(=O)(=O)C2)c1NC(=O)OC(C)(C)C. The van der Waals surface area contributed by atoms with Crippen molar-refractivity contribution in [1.29, 1.82) is 0 Å². The van der Waals surface area contributed by atoms with Gasteiger partial charge in [-0.2, -0.15) is 5.10 Å². The van der Waals surface area contributed by atoms with Gasteiger partial charge in [-0.15, -0.1) is 0 Å². The molecule has 0 saturated carbocycles. The van der Waals surface area contributed by atoms with Crippen LogP contribution in [0, 0.1) is 0 Å². The lowest BCUT2D eigenvalue weighted by Crippen LogP contribution is -2.30. The minimum Gasteiger partial charge on any atom is -0.444 e. The molecule has 1 aromatic heterocycles. The van der Waals surface area contributed by atoms with E-state index in [1.165, 1.54) is 0 Å². The number of aryl methyl sites for hydroxylation is 1. The van der Waals surface area contributed by atoms with Crippen molar-refractivity contribution >= 4 is 21.7 Å². The summed E-state index contributed by atoms with van der Waals surface area (Å²) >= 11 is 0. The van der Waals surface area contributed by atoms with Gasteiger partial charge >= 0.3 is 6.09 Å². The van der Waals surface area contributed by atoms with Gasteiger partial charge < -0.3 is 10.1 Å². The van der Waals surface area contributed by atoms with E-state index in [1.807, 2.05) is 0 Å². The average Bonchev–Trinajstić information content (AvgIpc) is 2.89. The molecule has 130 valence electrons. The molecule has 1 aliphatic rings. The summed E-state index contributed by atoms with van der Waals surface area (Å²) in [4.78, 5) is 11.9. The van der Waals surface area contributed by atoms with Crippen molar-refractivity contribution in [2.24, 2.45) is 7.05 Å². The van der Waals surface area contributed by atoms with Gasteiger partial charge in [0.25, 0.3) is 0 Å². The summed E-state index contributed by atoms with van der Waals surface area (Å²) in [7, 11) is -1.20. The van der Waals surface area contributed by atoms with Gasteiger partial charge in [-0.05, 0) is 27.2 Å². The Labute approximate surface area is 136 Å². The number of carbonyl (C=O) groups excluding carboxylic acids is 1. The third-order valence-corrected chi connectivity index (χ3v) is 5.22. The van der Waals surface area contributed by atoms with E-state index in [0.29, 0.717) is 18.8 Å². The molecule has 2 heterocycles. The van der Waals surface area contributed by atoms with Crippen LogP contribution in [0.1, 0.15) is 32.8 Å². The third kappa shape index (κ3) is 5.21. The lowest BCUT2D eigenvalue weighted by atomic mass is 10.2. The first kappa shape index (κ1) is 17.7. The summed E-state index contributed by atoms with van der Waals surface area (Å²) in [5, 5.41) is 10.0. The highest BCUT2D eigenvalue weighted by atomic mass is 32.2. The average molecular weight is 344 g/mol. The number of hydrogen-bond acceptors (Lipinski definition) is 6. The fourth-order valence-electron chi connectivity index (χ4n) is 2.38. The van der Waals surface area contributed by atoms with Crippen LogP contribution in [0.2, 0.25) is 0 Å². The Hall–Kier alpha value is -1.61. The van der Waals surface area contributed by atoms with Crippen molar-refractivity contribution in [1.82, 2.24) is 15.1 Å². The highest BCUT2D eigenvalue weighted by molar-refractivity contribution is 7.91. The Morgan fingerprint density at radius 1 is 1.48 bits per heavy atom. The molecule has 8 nitrogen and oxygen atoms in total. The minimum atomic E-state index is -2.92. The summed E-state index contributed by atoms with van der Waals surface area (Å²) in [5.41, 5.74) is 0.196. The van der Waals surface area contributed by atoms with Crippen LogP contribution in [0.5, 0.6) is 0 Å². The Morgan fingerprint density at radius 3 is 2.74 bits per heavy atom. The second-order valence-corrected chi connectivity index (χ2v) is 8.98. The molecule has 23 heavy (non-hydrogen) atoms. The van der Waals surface area contributed by atoms with E-state index in [1.54, 1.807) is 38.7 Å². The van der Waals surface area contributed by atoms with Crippen LogP contribution in [0.3, 0.4) is 0 Å². The Balaban J connectivity index is 1.97. The first-order valence-corrected chi connectivity index (χ1v) is 9.32. The van der Waals surface area contributed by atoms with E-state index in [2.05, 4.69) is 15.7 Å². The standard InChI is InChI=1S/C14H24N4O4S/c1-14(2,3)22-13(19)17-12-10(8-16-18(12)4)7-15-11-5-6-23(20,21)9-11/h8,11,15H,5-7,9H2,1-4H3,(H,17,19). The van der Waals surface area contributed by atoms with Crippen LogP contribution in [0.15, 0.2) is 6.20 Å². The van der Waals surface area contributed by atoms with Crippen LogP contribution in [-0.4, -0.2) is 47.4 Å². The van der Waals surface area contributed by atoms with E-state index < -0.39 is 21.5 Å². The largest absolute Gasteiger partial charge is 0.444 e. The van der Waals surface area contributed by atoms with E-state index >= 15 is 0 Å². The van der Waals surface area contributed by atoms with Crippen LogP contribution in [-0.2, 0) is 28.2 Å². The predicted molar refractivity (Wildman–Crippen MR) is 87.0 cm³/mol. The van der Waals surface area contributed by atoms with Crippen LogP contribution >= 0.6 is 0 Å². The zero-order valence-electron chi connectivity index (χ0n) is 13.9. The number of nitrogens with one attached hydrogen (secondary N) is 2. The third-order valence-electron chi connectivity index (χ3n) is 3.45. The number of carbonyl (C=O) groups is 1. The van der Waals surface area contributed by atoms with Gasteiger partial charge in [0.15, 0.2) is 9.84 Å². The number of anilines is 1. The smallest absolute Gasteiger partial charge is 0.413 e. The van der Waals surface area contributed by atoms with Gasteiger partial charge in [0.05, 0.1) is 17.7 Å². The van der Waals surface area contributed by atoms with Crippen molar-refractivity contribution in [2.75, 3.05) is 16.8 Å². The minimum absolute atomic E-state index is 0.0606. The number of amides is 1. The van der Waals surface area contributed by atoms with Gasteiger partial charge in [0, 0.05) is 25.2 Å². The molecule has 9 heteroatoms. The molecule has 1 amide bonds. The normalized spacial score (nSPS) is 20.4. The molecule has 0 aliphatic carbocycles. The number of sulfone groups is 1. The van der Waals surface area contributed by atoms with E-state index in [9.17, 15) is 13.2 Å². The molecule has 1 aliphatic heterocycles. The van der Waals surface area contributed by atoms with Gasteiger partial charge in [-0.25, -0.2) is 13.2 Å². The highest BCUT2D eigenvalue weighted by Gasteiger charge is 2.27. The Morgan fingerprint density at radius 2 is 2.17 bits per heavy atom. The van der Waals surface area contributed by atoms with E-state index in [0.717, 1.165) is 5.56 Å². The number of nitrogens with zero attached hydrogens (tertiary/aromatic N) is 2. The van der Waals surface area contributed by atoms with Gasteiger partial charge in [-0.3, -0.25) is 10.00 Å². The Bertz CT molecular complexity index is 675. The molecule has 0 aromatic carbocycles. The first-order chi connectivity index (χ1) is 10.6. The molecular formula is C14H24N4O4S. The van der Waals surface area contributed by atoms with Gasteiger partial charge in [-0.1, -0.05) is 0 Å². The molecule has 1 fully saturated rings. The maximum absolute atomic E-state index is 11.9. The maximum atomic E-state index is 11.9. The summed E-state index contributed by atoms with van der Waals surface area (Å²) in [6, 6.07) is -0.0606. The molecule has 1 unspecified atom stereocenters. The van der Waals surface area contributed by atoms with Crippen LogP contribution < -0.4 is 10.6 Å². The fraction of sp³-hybridized carbons (Fsp3) is 0.714. The summed E-state index contributed by atoms with van der Waals surface area (Å²) in [6.07, 6.45) is 1.70. The van der Waals surface area contributed by atoms with Crippen molar-refractivity contribution in [3.05, 3.63) is 11.8 Å². The zero-order chi connectivity index (χ0) is 17.3. The second kappa shape index (κ2) is 6.48. The quantitative estimate of drug-likeness (QED) is 0.846. The van der Waals surface area contributed by atoms with E-state index in [4.69, 9.17) is 4.74 Å². The molecule has 2 N–H and O–H groups in total. The molecule has 1 atom stereocenters. The summed E-state index contributed by atoms with van der Waals surface area (Å²) in [6.45, 7) is 5.80. The highest BCUT2D eigenvalue weighted by Crippen LogP contribution is 2.18. The molecule has 0 radical (unpaired) electrons. The molecule has 1 aromatic rings. The van der Waals surface area contributed by atoms with Crippen molar-refractivity contribution in [3.63, 3.8) is 0 Å². The first-order valence-electron chi connectivity index (χ1n) is 7.50. The van der Waals surface area contributed by atoms with Crippen LogP contribution in [0.25, 0.3) is 0 Å². The summed E-state index contributed by atoms with van der Waals surface area (Å²) < 4.78 is 29.7. The molecule has 2 rings (SSSR count). The predicted octanol–water partition coefficient (Wildman–Crippen LogP) is 1.04. The molecule has 0 spiro atoms. The topological polar surface area (TPSA) is 102 Å². The lowest BCUT2D eigenvalue weighted by Gasteiger charge is -2.20. The number of ether oxygens (including phenoxy) is 1. The zero-order valence-corrected chi connectivity index (χ0v) is 14.7. The van der Waals surface area contributed by atoms with Gasteiger partial charge in [0.2, 0.25) is 0 Å². The second-order valence-electron chi connectivity index (χ2n) is 6.75. The van der Waals surface area contributed by atoms with Gasteiger partial charge in [0.1, 0.15) is 11.4 Å². The van der Waals surface area contributed by atoms with Crippen molar-refractivity contribution < 1.29 is 17.9 Å². The van der Waals surface area contributed by atoms with Crippen molar-refractivity contribution in [2.45, 2.75) is 45.4 Å². The number of rotatable bonds is 4. The maximum Gasteiger partial charge on any atom is 0.413 e. The Kier molecular flexibility index (Phi) is 5.00. The lowest BCUT2D eigenvalue weighted by molar-refractivity contribution is 0.0634. The molecule has 1 saturated heterocycles. The number of hydrogen-bond donors (Lipinski definition) is 2. The molecular weight excluding hydrogens is 320 g/mol. The molecule has 0 bridgehead atoms. The van der Waals surface area contributed by atoms with Crippen LogP contribution in [0.4, 0.5) is 10.6 Å².